The molecule has 1 aromatic rings. The summed E-state index contributed by atoms with van der Waals surface area (Å²) >= 11 is 6.93. The van der Waals surface area contributed by atoms with Crippen LogP contribution < -0.4 is 10.6 Å². The first kappa shape index (κ1) is 29.7. The fourth-order valence-electron chi connectivity index (χ4n) is 8.24. The number of fused-ring (bicyclic) bond motifs is 2. The molecule has 4 fully saturated rings. The minimum atomic E-state index is -0.495. The Morgan fingerprint density at radius 2 is 2.07 bits per heavy atom. The average Bonchev–Trinajstić information content (AvgIpc) is 3.42. The van der Waals surface area contributed by atoms with Crippen LogP contribution in [-0.2, 0) is 20.7 Å². The van der Waals surface area contributed by atoms with E-state index in [0.717, 1.165) is 37.8 Å². The van der Waals surface area contributed by atoms with E-state index >= 15 is 0 Å². The van der Waals surface area contributed by atoms with Crippen LogP contribution >= 0.6 is 11.6 Å². The van der Waals surface area contributed by atoms with Gasteiger partial charge in [0.2, 0.25) is 5.91 Å². The SMILES string of the molecule is C=CC(=O)N1CCN(C2NC(OCC3CCCN3C)NC3C(=O)C4(CCC32)Cc2ccccc2C(Cl)C4)CC1CC#N. The second kappa shape index (κ2) is 12.4. The molecule has 1 saturated carbocycles. The van der Waals surface area contributed by atoms with Gasteiger partial charge < -0.3 is 14.5 Å². The van der Waals surface area contributed by atoms with Gasteiger partial charge in [0.15, 0.2) is 12.1 Å². The second-order valence-electron chi connectivity index (χ2n) is 12.9. The Labute approximate surface area is 254 Å². The van der Waals surface area contributed by atoms with Crippen molar-refractivity contribution in [3.63, 3.8) is 0 Å². The highest BCUT2D eigenvalue weighted by Gasteiger charge is 2.56. The van der Waals surface area contributed by atoms with Crippen LogP contribution in [0.1, 0.15) is 55.0 Å². The van der Waals surface area contributed by atoms with E-state index in [2.05, 4.69) is 52.3 Å². The van der Waals surface area contributed by atoms with Gasteiger partial charge in [-0.1, -0.05) is 30.8 Å². The van der Waals surface area contributed by atoms with Gasteiger partial charge in [-0.2, -0.15) is 5.26 Å². The number of likely N-dealkylation sites (tertiary alicyclic amines) is 1. The number of piperazine rings is 1. The van der Waals surface area contributed by atoms with Crippen LogP contribution in [0.15, 0.2) is 36.9 Å². The van der Waals surface area contributed by atoms with Crippen molar-refractivity contribution in [1.29, 1.82) is 5.26 Å². The Hall–Kier alpha value is -2.32. The minimum Gasteiger partial charge on any atom is -0.348 e. The predicted molar refractivity (Wildman–Crippen MR) is 160 cm³/mol. The van der Waals surface area contributed by atoms with Gasteiger partial charge in [-0.15, -0.1) is 11.6 Å². The number of nitriles is 1. The van der Waals surface area contributed by atoms with E-state index in [-0.39, 0.29) is 47.7 Å². The molecule has 2 aliphatic carbocycles. The number of likely N-dealkylation sites (N-methyl/N-ethyl adjacent to an activating group) is 1. The van der Waals surface area contributed by atoms with E-state index in [4.69, 9.17) is 16.3 Å². The van der Waals surface area contributed by atoms with E-state index in [1.807, 2.05) is 12.1 Å². The van der Waals surface area contributed by atoms with Crippen LogP contribution in [0.5, 0.6) is 0 Å². The Morgan fingerprint density at radius 1 is 1.24 bits per heavy atom. The Bertz CT molecular complexity index is 1240. The summed E-state index contributed by atoms with van der Waals surface area (Å²) in [6.45, 7) is 7.03. The molecule has 1 amide bonds. The lowest BCUT2D eigenvalue weighted by molar-refractivity contribution is -0.154. The maximum atomic E-state index is 14.6. The third kappa shape index (κ3) is 5.54. The molecule has 1 spiro atoms. The molecule has 3 saturated heterocycles. The molecule has 0 radical (unpaired) electrons. The molecule has 9 nitrogen and oxygen atoms in total. The normalized spacial score (nSPS) is 37.2. The number of hydrogen-bond donors (Lipinski definition) is 2. The number of carbonyl (C=O) groups is 2. The average molecular weight is 595 g/mol. The smallest absolute Gasteiger partial charge is 0.246 e. The number of ketones is 1. The van der Waals surface area contributed by atoms with Crippen molar-refractivity contribution < 1.29 is 14.3 Å². The number of hydrogen-bond acceptors (Lipinski definition) is 8. The Kier molecular flexibility index (Phi) is 8.75. The molecule has 10 heteroatoms. The van der Waals surface area contributed by atoms with Gasteiger partial charge in [0.05, 0.1) is 42.7 Å². The molecule has 8 unspecified atom stereocenters. The van der Waals surface area contributed by atoms with Crippen LogP contribution in [0, 0.1) is 22.7 Å². The van der Waals surface area contributed by atoms with Crippen LogP contribution in [-0.4, -0.2) is 96.9 Å². The zero-order valence-corrected chi connectivity index (χ0v) is 25.3. The molecule has 226 valence electrons. The van der Waals surface area contributed by atoms with Crippen LogP contribution in [0.4, 0.5) is 0 Å². The molecule has 3 heterocycles. The zero-order valence-electron chi connectivity index (χ0n) is 24.5. The van der Waals surface area contributed by atoms with E-state index in [9.17, 15) is 14.9 Å². The fraction of sp³-hybridized carbons (Fsp3) is 0.656. The van der Waals surface area contributed by atoms with Gasteiger partial charge in [0, 0.05) is 37.0 Å². The molecular weight excluding hydrogens is 552 g/mol. The van der Waals surface area contributed by atoms with Gasteiger partial charge >= 0.3 is 0 Å². The van der Waals surface area contributed by atoms with Crippen LogP contribution in [0.2, 0.25) is 0 Å². The minimum absolute atomic E-state index is 0.0347. The highest BCUT2D eigenvalue weighted by Crippen LogP contribution is 2.52. The summed E-state index contributed by atoms with van der Waals surface area (Å²) in [5.74, 6) is 0.134. The lowest BCUT2D eigenvalue weighted by Crippen LogP contribution is -2.74. The largest absolute Gasteiger partial charge is 0.348 e. The lowest BCUT2D eigenvalue weighted by Gasteiger charge is -2.55. The van der Waals surface area contributed by atoms with E-state index in [0.29, 0.717) is 38.7 Å². The highest BCUT2D eigenvalue weighted by molar-refractivity contribution is 6.21. The molecule has 0 aromatic heterocycles. The molecule has 8 atom stereocenters. The predicted octanol–water partition coefficient (Wildman–Crippen LogP) is 2.77. The maximum absolute atomic E-state index is 14.6. The molecule has 2 N–H and O–H groups in total. The maximum Gasteiger partial charge on any atom is 0.246 e. The number of nitrogens with one attached hydrogen (secondary N) is 2. The number of Topliss-reactive ketones (excluding diaryl/α,β-unsaturated/α-hetero) is 1. The summed E-state index contributed by atoms with van der Waals surface area (Å²) in [5.41, 5.74) is 1.83. The second-order valence-corrected chi connectivity index (χ2v) is 13.4. The molecule has 5 aliphatic rings. The summed E-state index contributed by atoms with van der Waals surface area (Å²) in [7, 11) is 2.14. The van der Waals surface area contributed by atoms with Gasteiger partial charge in [-0.05, 0) is 69.3 Å². The highest BCUT2D eigenvalue weighted by atomic mass is 35.5. The molecule has 1 aromatic carbocycles. The number of rotatable bonds is 6. The molecule has 6 rings (SSSR count). The van der Waals surface area contributed by atoms with Crippen LogP contribution in [0.3, 0.4) is 0 Å². The first-order valence-corrected chi connectivity index (χ1v) is 15.9. The summed E-state index contributed by atoms with van der Waals surface area (Å²) in [6.07, 6.45) is 6.29. The molecule has 42 heavy (non-hydrogen) atoms. The number of amides is 1. The standard InChI is InChI=1S/C32H43ClN6O3/c1-3-27(40)39-16-15-38(19-22(39)11-13-34)30-25-10-12-32(17-21-7-4-5-9-24(21)26(33)18-32)29(41)28(25)35-31(36-30)42-20-23-8-6-14-37(23)2/h3-5,7,9,22-23,25-26,28,30-31,35-36H,1,6,8,10-12,14-20H2,2H3. The Balaban J connectivity index is 1.25. The quantitative estimate of drug-likeness (QED) is 0.383. The first-order valence-electron chi connectivity index (χ1n) is 15.5. The van der Waals surface area contributed by atoms with Crippen molar-refractivity contribution in [3.8, 4) is 6.07 Å². The van der Waals surface area contributed by atoms with E-state index in [1.165, 1.54) is 18.1 Å². The molecule has 0 bridgehead atoms. The van der Waals surface area contributed by atoms with Crippen molar-refractivity contribution in [3.05, 3.63) is 48.0 Å². The zero-order chi connectivity index (χ0) is 29.4. The van der Waals surface area contributed by atoms with Gasteiger partial charge in [-0.3, -0.25) is 25.1 Å². The number of ether oxygens (including phenoxy) is 1. The van der Waals surface area contributed by atoms with Crippen molar-refractivity contribution in [2.24, 2.45) is 11.3 Å². The van der Waals surface area contributed by atoms with Crippen molar-refractivity contribution in [2.75, 3.05) is 39.8 Å². The number of halogens is 1. The first-order chi connectivity index (χ1) is 20.3. The van der Waals surface area contributed by atoms with Gasteiger partial charge in [0.25, 0.3) is 0 Å². The van der Waals surface area contributed by atoms with E-state index in [1.54, 1.807) is 4.90 Å². The number of nitrogens with zero attached hydrogens (tertiary/aromatic N) is 4. The summed E-state index contributed by atoms with van der Waals surface area (Å²) in [5, 5.41) is 16.7. The number of carbonyl (C=O) groups excluding carboxylic acids is 2. The summed E-state index contributed by atoms with van der Waals surface area (Å²) in [4.78, 5) is 33.6. The summed E-state index contributed by atoms with van der Waals surface area (Å²) in [6, 6.07) is 10.3. The van der Waals surface area contributed by atoms with Crippen molar-refractivity contribution >= 4 is 23.3 Å². The van der Waals surface area contributed by atoms with Crippen molar-refractivity contribution in [2.45, 2.75) is 81.0 Å². The van der Waals surface area contributed by atoms with Crippen LogP contribution in [0.25, 0.3) is 0 Å². The third-order valence-corrected chi connectivity index (χ3v) is 10.9. The van der Waals surface area contributed by atoms with Gasteiger partial charge in [0.1, 0.15) is 0 Å². The third-order valence-electron chi connectivity index (χ3n) is 10.6. The molecule has 3 aliphatic heterocycles. The van der Waals surface area contributed by atoms with E-state index < -0.39 is 11.8 Å². The van der Waals surface area contributed by atoms with Gasteiger partial charge in [-0.25, -0.2) is 0 Å². The lowest BCUT2D eigenvalue weighted by atomic mass is 9.58. The Morgan fingerprint density at radius 3 is 2.83 bits per heavy atom. The number of alkyl halides is 1. The monoisotopic (exact) mass is 594 g/mol. The number of benzene rings is 1. The topological polar surface area (TPSA) is 101 Å². The van der Waals surface area contributed by atoms with Crippen molar-refractivity contribution in [1.82, 2.24) is 25.3 Å². The summed E-state index contributed by atoms with van der Waals surface area (Å²) < 4.78 is 6.46. The fourth-order valence-corrected chi connectivity index (χ4v) is 8.75. The molecular formula is C32H43ClN6O3.